The Bertz CT molecular complexity index is 1130. The number of H-pyrrole nitrogens is 1. The number of nitrogens with zero attached hydrogens (tertiary/aromatic N) is 2. The number of benzene rings is 2. The van der Waals surface area contributed by atoms with Crippen LogP contribution in [0.25, 0.3) is 11.4 Å². The fourth-order valence-corrected chi connectivity index (χ4v) is 3.82. The predicted octanol–water partition coefficient (Wildman–Crippen LogP) is 4.52. The minimum Gasteiger partial charge on any atom is -0.325 e. The van der Waals surface area contributed by atoms with Gasteiger partial charge in [0, 0.05) is 16.9 Å². The number of thiophene rings is 1. The van der Waals surface area contributed by atoms with Crippen molar-refractivity contribution >= 4 is 46.3 Å². The van der Waals surface area contributed by atoms with Crippen molar-refractivity contribution in [2.75, 3.05) is 16.4 Å². The molecule has 0 unspecified atom stereocenters. The SMILES string of the molecule is O=C(CSc1n[nH]c(-c2ccccc2)n1)Nc1ccc(NC(=O)c2cccs2)cc1. The highest BCUT2D eigenvalue weighted by molar-refractivity contribution is 7.99. The maximum absolute atomic E-state index is 12.2. The van der Waals surface area contributed by atoms with E-state index in [4.69, 9.17) is 0 Å². The number of thioether (sulfide) groups is 1. The third kappa shape index (κ3) is 5.13. The third-order valence-electron chi connectivity index (χ3n) is 4.02. The molecule has 0 bridgehead atoms. The molecule has 0 aliphatic rings. The van der Waals surface area contributed by atoms with Crippen LogP contribution in [0.2, 0.25) is 0 Å². The van der Waals surface area contributed by atoms with Crippen molar-refractivity contribution in [3.63, 3.8) is 0 Å². The van der Waals surface area contributed by atoms with E-state index in [0.29, 0.717) is 27.2 Å². The Morgan fingerprint density at radius 2 is 1.67 bits per heavy atom. The summed E-state index contributed by atoms with van der Waals surface area (Å²) in [5.74, 6) is 0.530. The van der Waals surface area contributed by atoms with Crippen LogP contribution in [0.1, 0.15) is 9.67 Å². The van der Waals surface area contributed by atoms with E-state index in [1.807, 2.05) is 41.8 Å². The summed E-state index contributed by atoms with van der Waals surface area (Å²) in [5.41, 5.74) is 2.25. The summed E-state index contributed by atoms with van der Waals surface area (Å²) >= 11 is 2.63. The molecule has 0 saturated carbocycles. The van der Waals surface area contributed by atoms with Crippen LogP contribution < -0.4 is 10.6 Å². The number of carbonyl (C=O) groups is 2. The van der Waals surface area contributed by atoms with Gasteiger partial charge in [0.2, 0.25) is 11.1 Å². The number of aromatic nitrogens is 3. The highest BCUT2D eigenvalue weighted by Crippen LogP contribution is 2.20. The van der Waals surface area contributed by atoms with Crippen LogP contribution in [0, 0.1) is 0 Å². The maximum atomic E-state index is 12.2. The van der Waals surface area contributed by atoms with E-state index in [1.165, 1.54) is 23.1 Å². The molecule has 4 rings (SSSR count). The van der Waals surface area contributed by atoms with E-state index in [0.717, 1.165) is 5.56 Å². The normalized spacial score (nSPS) is 10.5. The monoisotopic (exact) mass is 435 g/mol. The second-order valence-corrected chi connectivity index (χ2v) is 8.07. The Kier molecular flexibility index (Phi) is 6.21. The van der Waals surface area contributed by atoms with Gasteiger partial charge in [-0.15, -0.1) is 16.4 Å². The maximum Gasteiger partial charge on any atom is 0.265 e. The van der Waals surface area contributed by atoms with Gasteiger partial charge in [0.1, 0.15) is 0 Å². The highest BCUT2D eigenvalue weighted by Gasteiger charge is 2.10. The standard InChI is InChI=1S/C21H17N5O2S2/c27-18(13-30-21-24-19(25-26-21)14-5-2-1-3-6-14)22-15-8-10-16(11-9-15)23-20(28)17-7-4-12-29-17/h1-12H,13H2,(H,22,27)(H,23,28)(H,24,25,26). The molecule has 0 radical (unpaired) electrons. The molecule has 0 saturated heterocycles. The molecule has 3 N–H and O–H groups in total. The fraction of sp³-hybridized carbons (Fsp3) is 0.0476. The van der Waals surface area contributed by atoms with E-state index >= 15 is 0 Å². The number of nitrogens with one attached hydrogen (secondary N) is 3. The van der Waals surface area contributed by atoms with Crippen LogP contribution in [0.5, 0.6) is 0 Å². The molecule has 0 aliphatic heterocycles. The Morgan fingerprint density at radius 3 is 2.37 bits per heavy atom. The molecule has 9 heteroatoms. The zero-order valence-corrected chi connectivity index (χ0v) is 17.3. The zero-order chi connectivity index (χ0) is 20.8. The van der Waals surface area contributed by atoms with Crippen LogP contribution in [-0.2, 0) is 4.79 Å². The Labute approximate surface area is 181 Å². The van der Waals surface area contributed by atoms with E-state index in [9.17, 15) is 9.59 Å². The van der Waals surface area contributed by atoms with Crippen molar-refractivity contribution in [2.45, 2.75) is 5.16 Å². The molecular weight excluding hydrogens is 418 g/mol. The number of rotatable bonds is 7. The van der Waals surface area contributed by atoms with Crippen LogP contribution in [0.4, 0.5) is 11.4 Å². The molecule has 0 aliphatic carbocycles. The first-order valence-electron chi connectivity index (χ1n) is 9.03. The number of anilines is 2. The lowest BCUT2D eigenvalue weighted by atomic mass is 10.2. The van der Waals surface area contributed by atoms with Gasteiger partial charge in [-0.1, -0.05) is 48.2 Å². The topological polar surface area (TPSA) is 99.8 Å². The van der Waals surface area contributed by atoms with Crippen molar-refractivity contribution < 1.29 is 9.59 Å². The average Bonchev–Trinajstić information content (AvgIpc) is 3.47. The van der Waals surface area contributed by atoms with Gasteiger partial charge in [-0.05, 0) is 35.7 Å². The zero-order valence-electron chi connectivity index (χ0n) is 15.7. The summed E-state index contributed by atoms with van der Waals surface area (Å²) in [6.45, 7) is 0. The molecule has 0 spiro atoms. The smallest absolute Gasteiger partial charge is 0.265 e. The summed E-state index contributed by atoms with van der Waals surface area (Å²) in [4.78, 5) is 29.3. The summed E-state index contributed by atoms with van der Waals surface area (Å²) < 4.78 is 0. The Hall–Kier alpha value is -3.43. The molecule has 0 atom stereocenters. The average molecular weight is 436 g/mol. The minimum absolute atomic E-state index is 0.153. The first-order chi connectivity index (χ1) is 14.7. The van der Waals surface area contributed by atoms with E-state index in [-0.39, 0.29) is 17.6 Å². The molecule has 2 amide bonds. The molecule has 30 heavy (non-hydrogen) atoms. The second-order valence-electron chi connectivity index (χ2n) is 6.18. The first-order valence-corrected chi connectivity index (χ1v) is 10.9. The largest absolute Gasteiger partial charge is 0.325 e. The van der Waals surface area contributed by atoms with E-state index in [1.54, 1.807) is 30.3 Å². The first kappa shape index (κ1) is 19.9. The number of amides is 2. The Balaban J connectivity index is 1.27. The van der Waals surface area contributed by atoms with E-state index in [2.05, 4.69) is 25.8 Å². The quantitative estimate of drug-likeness (QED) is 0.371. The van der Waals surface area contributed by atoms with Crippen LogP contribution in [0.3, 0.4) is 0 Å². The van der Waals surface area contributed by atoms with Gasteiger partial charge in [-0.25, -0.2) is 4.98 Å². The fourth-order valence-electron chi connectivity index (χ4n) is 2.60. The summed E-state index contributed by atoms with van der Waals surface area (Å²) in [6, 6.07) is 20.2. The van der Waals surface area contributed by atoms with Gasteiger partial charge in [0.05, 0.1) is 10.6 Å². The van der Waals surface area contributed by atoms with Crippen molar-refractivity contribution in [2.24, 2.45) is 0 Å². The highest BCUT2D eigenvalue weighted by atomic mass is 32.2. The number of aromatic amines is 1. The summed E-state index contributed by atoms with van der Waals surface area (Å²) in [7, 11) is 0. The second kappa shape index (κ2) is 9.38. The molecule has 4 aromatic rings. The van der Waals surface area contributed by atoms with Gasteiger partial charge >= 0.3 is 0 Å². The number of hydrogen-bond acceptors (Lipinski definition) is 6. The molecule has 150 valence electrons. The molecular formula is C21H17N5O2S2. The Morgan fingerprint density at radius 1 is 0.933 bits per heavy atom. The van der Waals surface area contributed by atoms with Gasteiger partial charge in [-0.2, -0.15) is 0 Å². The van der Waals surface area contributed by atoms with Crippen LogP contribution >= 0.6 is 23.1 Å². The van der Waals surface area contributed by atoms with Gasteiger partial charge in [0.25, 0.3) is 5.91 Å². The molecule has 0 fully saturated rings. The molecule has 2 aromatic heterocycles. The third-order valence-corrected chi connectivity index (χ3v) is 5.73. The number of hydrogen-bond donors (Lipinski definition) is 3. The van der Waals surface area contributed by atoms with Crippen LogP contribution in [-0.4, -0.2) is 32.7 Å². The van der Waals surface area contributed by atoms with Crippen LogP contribution in [0.15, 0.2) is 77.3 Å². The minimum atomic E-state index is -0.165. The van der Waals surface area contributed by atoms with Gasteiger partial charge < -0.3 is 10.6 Å². The van der Waals surface area contributed by atoms with E-state index < -0.39 is 0 Å². The van der Waals surface area contributed by atoms with Crippen molar-refractivity contribution in [1.29, 1.82) is 0 Å². The van der Waals surface area contributed by atoms with Gasteiger partial charge in [-0.3, -0.25) is 14.7 Å². The summed E-state index contributed by atoms with van der Waals surface area (Å²) in [5, 5.41) is 15.0. The van der Waals surface area contributed by atoms with Crippen molar-refractivity contribution in [3.05, 3.63) is 77.0 Å². The lowest BCUT2D eigenvalue weighted by Gasteiger charge is -2.07. The van der Waals surface area contributed by atoms with Crippen molar-refractivity contribution in [3.8, 4) is 11.4 Å². The lowest BCUT2D eigenvalue weighted by molar-refractivity contribution is -0.113. The van der Waals surface area contributed by atoms with Crippen molar-refractivity contribution in [1.82, 2.24) is 15.2 Å². The molecule has 2 heterocycles. The molecule has 7 nitrogen and oxygen atoms in total. The van der Waals surface area contributed by atoms with Gasteiger partial charge in [0.15, 0.2) is 5.82 Å². The molecule has 2 aromatic carbocycles. The lowest BCUT2D eigenvalue weighted by Crippen LogP contribution is -2.14. The predicted molar refractivity (Wildman–Crippen MR) is 120 cm³/mol. The summed E-state index contributed by atoms with van der Waals surface area (Å²) in [6.07, 6.45) is 0. The number of carbonyl (C=O) groups excluding carboxylic acids is 2.